The number of aromatic nitrogens is 1. The molecule has 0 atom stereocenters. The molecule has 96 valence electrons. The Kier molecular flexibility index (Phi) is 2.70. The summed E-state index contributed by atoms with van der Waals surface area (Å²) in [4.78, 5) is 17.2. The molecular formula is C13H16N2O3. The minimum absolute atomic E-state index is 0.000835. The molecule has 0 aromatic carbocycles. The highest BCUT2D eigenvalue weighted by Crippen LogP contribution is 2.38. The number of hydrogen-bond donors (Lipinski definition) is 1. The van der Waals surface area contributed by atoms with Crippen LogP contribution < -0.4 is 4.90 Å². The van der Waals surface area contributed by atoms with E-state index in [-0.39, 0.29) is 11.3 Å². The van der Waals surface area contributed by atoms with E-state index in [0.29, 0.717) is 6.61 Å². The molecule has 5 nitrogen and oxygen atoms in total. The molecule has 1 aliphatic heterocycles. The lowest BCUT2D eigenvalue weighted by atomic mass is 9.79. The highest BCUT2D eigenvalue weighted by Gasteiger charge is 2.42. The number of rotatable bonds is 2. The van der Waals surface area contributed by atoms with Crippen LogP contribution in [-0.2, 0) is 4.74 Å². The van der Waals surface area contributed by atoms with Crippen molar-refractivity contribution in [1.82, 2.24) is 4.98 Å². The van der Waals surface area contributed by atoms with Crippen LogP contribution in [0.4, 0.5) is 5.82 Å². The van der Waals surface area contributed by atoms with Crippen LogP contribution in [-0.4, -0.2) is 41.4 Å². The van der Waals surface area contributed by atoms with Gasteiger partial charge in [0.2, 0.25) is 0 Å². The van der Waals surface area contributed by atoms with Crippen LogP contribution >= 0.6 is 0 Å². The molecule has 18 heavy (non-hydrogen) atoms. The Morgan fingerprint density at radius 2 is 2.28 bits per heavy atom. The molecule has 5 heteroatoms. The molecule has 1 saturated heterocycles. The molecule has 3 rings (SSSR count). The average Bonchev–Trinajstić information content (AvgIpc) is 2.37. The summed E-state index contributed by atoms with van der Waals surface area (Å²) in [5.74, 6) is -0.243. The number of pyridine rings is 1. The molecule has 1 N–H and O–H groups in total. The van der Waals surface area contributed by atoms with E-state index < -0.39 is 5.97 Å². The van der Waals surface area contributed by atoms with Crippen LogP contribution in [0.25, 0.3) is 0 Å². The maximum atomic E-state index is 10.9. The van der Waals surface area contributed by atoms with Crippen LogP contribution in [0.1, 0.15) is 29.8 Å². The van der Waals surface area contributed by atoms with Gasteiger partial charge in [-0.15, -0.1) is 0 Å². The van der Waals surface area contributed by atoms with Gasteiger partial charge in [0.25, 0.3) is 0 Å². The summed E-state index contributed by atoms with van der Waals surface area (Å²) < 4.78 is 5.85. The molecule has 0 bridgehead atoms. The van der Waals surface area contributed by atoms with Crippen molar-refractivity contribution in [2.75, 3.05) is 24.6 Å². The van der Waals surface area contributed by atoms with Gasteiger partial charge in [0, 0.05) is 13.1 Å². The number of carbonyl (C=O) groups is 1. The Balaban J connectivity index is 1.81. The van der Waals surface area contributed by atoms with Gasteiger partial charge in [-0.05, 0) is 31.4 Å². The molecule has 2 heterocycles. The standard InChI is InChI=1S/C13H16N2O3/c16-12(17)10-3-1-4-11(14-10)15-7-8-18-13(9-15)5-2-6-13/h1,3-4H,2,5-9H2,(H,16,17). The molecule has 1 aliphatic carbocycles. The van der Waals surface area contributed by atoms with E-state index in [1.807, 2.05) is 6.07 Å². The molecular weight excluding hydrogens is 232 g/mol. The van der Waals surface area contributed by atoms with Crippen molar-refractivity contribution in [2.45, 2.75) is 24.9 Å². The van der Waals surface area contributed by atoms with Gasteiger partial charge in [0.15, 0.2) is 5.69 Å². The number of carboxylic acid groups (broad SMARTS) is 1. The fourth-order valence-corrected chi connectivity index (χ4v) is 2.63. The third-order valence-corrected chi connectivity index (χ3v) is 3.79. The lowest BCUT2D eigenvalue weighted by Crippen LogP contribution is -2.56. The predicted molar refractivity (Wildman–Crippen MR) is 65.9 cm³/mol. The number of aromatic carboxylic acids is 1. The lowest BCUT2D eigenvalue weighted by molar-refractivity contribution is -0.106. The van der Waals surface area contributed by atoms with Crippen molar-refractivity contribution in [3.05, 3.63) is 23.9 Å². The summed E-state index contributed by atoms with van der Waals surface area (Å²) in [5, 5.41) is 8.96. The molecule has 1 spiro atoms. The zero-order valence-corrected chi connectivity index (χ0v) is 10.1. The molecule has 0 unspecified atom stereocenters. The highest BCUT2D eigenvalue weighted by atomic mass is 16.5. The van der Waals surface area contributed by atoms with Gasteiger partial charge in [0.1, 0.15) is 5.82 Å². The summed E-state index contributed by atoms with van der Waals surface area (Å²) in [7, 11) is 0. The van der Waals surface area contributed by atoms with Crippen LogP contribution in [0.15, 0.2) is 18.2 Å². The van der Waals surface area contributed by atoms with E-state index in [2.05, 4.69) is 9.88 Å². The van der Waals surface area contributed by atoms with E-state index in [1.54, 1.807) is 6.07 Å². The predicted octanol–water partition coefficient (Wildman–Crippen LogP) is 1.54. The molecule has 1 saturated carbocycles. The van der Waals surface area contributed by atoms with Gasteiger partial charge < -0.3 is 14.7 Å². The Morgan fingerprint density at radius 1 is 1.44 bits per heavy atom. The summed E-state index contributed by atoms with van der Waals surface area (Å²) in [6.07, 6.45) is 3.42. The van der Waals surface area contributed by atoms with Crippen molar-refractivity contribution in [3.8, 4) is 0 Å². The third-order valence-electron chi connectivity index (χ3n) is 3.79. The van der Waals surface area contributed by atoms with Crippen molar-refractivity contribution < 1.29 is 14.6 Å². The summed E-state index contributed by atoms with van der Waals surface area (Å²) in [6.45, 7) is 2.29. The summed E-state index contributed by atoms with van der Waals surface area (Å²) in [6, 6.07) is 5.13. The smallest absolute Gasteiger partial charge is 0.354 e. The number of carboxylic acids is 1. The van der Waals surface area contributed by atoms with E-state index in [9.17, 15) is 4.79 Å². The Morgan fingerprint density at radius 3 is 2.94 bits per heavy atom. The van der Waals surface area contributed by atoms with E-state index >= 15 is 0 Å². The van der Waals surface area contributed by atoms with Crippen LogP contribution in [0, 0.1) is 0 Å². The van der Waals surface area contributed by atoms with Crippen molar-refractivity contribution in [3.63, 3.8) is 0 Å². The minimum Gasteiger partial charge on any atom is -0.477 e. The quantitative estimate of drug-likeness (QED) is 0.860. The topological polar surface area (TPSA) is 62.7 Å². The number of morpholine rings is 1. The van der Waals surface area contributed by atoms with Gasteiger partial charge in [-0.1, -0.05) is 6.07 Å². The summed E-state index contributed by atoms with van der Waals surface area (Å²) >= 11 is 0. The fourth-order valence-electron chi connectivity index (χ4n) is 2.63. The van der Waals surface area contributed by atoms with Gasteiger partial charge in [-0.2, -0.15) is 0 Å². The van der Waals surface area contributed by atoms with Gasteiger partial charge in [0.05, 0.1) is 12.2 Å². The van der Waals surface area contributed by atoms with Gasteiger partial charge in [-0.3, -0.25) is 0 Å². The highest BCUT2D eigenvalue weighted by molar-refractivity contribution is 5.85. The fraction of sp³-hybridized carbons (Fsp3) is 0.538. The van der Waals surface area contributed by atoms with Crippen LogP contribution in [0.3, 0.4) is 0 Å². The first-order valence-electron chi connectivity index (χ1n) is 6.28. The monoisotopic (exact) mass is 248 g/mol. The second-order valence-corrected chi connectivity index (χ2v) is 4.99. The Hall–Kier alpha value is -1.62. The summed E-state index contributed by atoms with van der Waals surface area (Å²) in [5.41, 5.74) is 0.0979. The first kappa shape index (κ1) is 11.5. The maximum absolute atomic E-state index is 10.9. The SMILES string of the molecule is O=C(O)c1cccc(N2CCOC3(CCC3)C2)n1. The third kappa shape index (κ3) is 1.95. The normalized spacial score (nSPS) is 21.7. The number of ether oxygens (including phenoxy) is 1. The van der Waals surface area contributed by atoms with Crippen molar-refractivity contribution >= 4 is 11.8 Å². The van der Waals surface area contributed by atoms with Gasteiger partial charge >= 0.3 is 5.97 Å². The Bertz CT molecular complexity index is 471. The molecule has 2 fully saturated rings. The van der Waals surface area contributed by atoms with E-state index in [0.717, 1.165) is 31.7 Å². The van der Waals surface area contributed by atoms with E-state index in [4.69, 9.17) is 9.84 Å². The number of hydrogen-bond acceptors (Lipinski definition) is 4. The second-order valence-electron chi connectivity index (χ2n) is 4.99. The lowest BCUT2D eigenvalue weighted by Gasteiger charge is -2.48. The average molecular weight is 248 g/mol. The second kappa shape index (κ2) is 4.24. The number of nitrogens with zero attached hydrogens (tertiary/aromatic N) is 2. The first-order valence-corrected chi connectivity index (χ1v) is 6.28. The minimum atomic E-state index is -0.983. The molecule has 0 radical (unpaired) electrons. The molecule has 2 aliphatic rings. The van der Waals surface area contributed by atoms with Crippen LogP contribution in [0.5, 0.6) is 0 Å². The zero-order chi connectivity index (χ0) is 12.6. The van der Waals surface area contributed by atoms with Crippen molar-refractivity contribution in [2.24, 2.45) is 0 Å². The number of anilines is 1. The van der Waals surface area contributed by atoms with Gasteiger partial charge in [-0.25, -0.2) is 9.78 Å². The van der Waals surface area contributed by atoms with Crippen LogP contribution in [0.2, 0.25) is 0 Å². The largest absolute Gasteiger partial charge is 0.477 e. The van der Waals surface area contributed by atoms with E-state index in [1.165, 1.54) is 12.5 Å². The van der Waals surface area contributed by atoms with Crippen molar-refractivity contribution in [1.29, 1.82) is 0 Å². The molecule has 0 amide bonds. The maximum Gasteiger partial charge on any atom is 0.354 e. The zero-order valence-electron chi connectivity index (χ0n) is 10.1. The Labute approximate surface area is 105 Å². The molecule has 1 aromatic rings. The first-order chi connectivity index (χ1) is 8.69. The molecule has 1 aromatic heterocycles.